The van der Waals surface area contributed by atoms with Gasteiger partial charge in [0.2, 0.25) is 0 Å². The summed E-state index contributed by atoms with van der Waals surface area (Å²) in [6, 6.07) is 0.217. The van der Waals surface area contributed by atoms with Crippen molar-refractivity contribution in [2.75, 3.05) is 13.1 Å². The number of carbonyl (C=O) groups is 1. The van der Waals surface area contributed by atoms with Gasteiger partial charge in [0.15, 0.2) is 0 Å². The maximum absolute atomic E-state index is 11.1. The molecule has 1 rings (SSSR count). The molecule has 0 radical (unpaired) electrons. The lowest BCUT2D eigenvalue weighted by Crippen LogP contribution is -2.59. The molecular formula is C9H18N2O2. The Morgan fingerprint density at radius 2 is 2.00 bits per heavy atom. The first-order valence-electron chi connectivity index (χ1n) is 4.79. The van der Waals surface area contributed by atoms with Crippen molar-refractivity contribution in [2.45, 2.75) is 38.3 Å². The van der Waals surface area contributed by atoms with Crippen LogP contribution >= 0.6 is 0 Å². The fraction of sp³-hybridized carbons (Fsp3) is 0.889. The monoisotopic (exact) mass is 186 g/mol. The van der Waals surface area contributed by atoms with Crippen LogP contribution in [0.1, 0.15) is 26.7 Å². The van der Waals surface area contributed by atoms with Gasteiger partial charge in [0.1, 0.15) is 5.54 Å². The van der Waals surface area contributed by atoms with Crippen molar-refractivity contribution in [1.82, 2.24) is 10.6 Å². The third-order valence-electron chi connectivity index (χ3n) is 2.43. The Balaban J connectivity index is 2.67. The van der Waals surface area contributed by atoms with Crippen molar-refractivity contribution in [3.05, 3.63) is 0 Å². The van der Waals surface area contributed by atoms with E-state index in [0.717, 1.165) is 13.1 Å². The molecule has 4 nitrogen and oxygen atoms in total. The van der Waals surface area contributed by atoms with Crippen molar-refractivity contribution in [2.24, 2.45) is 0 Å². The van der Waals surface area contributed by atoms with Crippen molar-refractivity contribution in [3.8, 4) is 0 Å². The Hall–Kier alpha value is -0.610. The van der Waals surface area contributed by atoms with E-state index in [0.29, 0.717) is 12.8 Å². The summed E-state index contributed by atoms with van der Waals surface area (Å²) in [4.78, 5) is 11.1. The number of piperidine rings is 1. The van der Waals surface area contributed by atoms with Gasteiger partial charge in [-0.1, -0.05) is 0 Å². The topological polar surface area (TPSA) is 61.4 Å². The van der Waals surface area contributed by atoms with Crippen molar-refractivity contribution < 1.29 is 9.90 Å². The molecule has 0 bridgehead atoms. The maximum atomic E-state index is 11.1. The van der Waals surface area contributed by atoms with E-state index in [9.17, 15) is 4.79 Å². The van der Waals surface area contributed by atoms with E-state index in [1.54, 1.807) is 0 Å². The van der Waals surface area contributed by atoms with Gasteiger partial charge in [-0.05, 0) is 39.8 Å². The first kappa shape index (κ1) is 10.5. The predicted molar refractivity (Wildman–Crippen MR) is 50.7 cm³/mol. The van der Waals surface area contributed by atoms with Gasteiger partial charge in [-0.25, -0.2) is 0 Å². The molecular weight excluding hydrogens is 168 g/mol. The van der Waals surface area contributed by atoms with Gasteiger partial charge < -0.3 is 10.4 Å². The first-order chi connectivity index (χ1) is 6.07. The molecule has 1 aliphatic rings. The van der Waals surface area contributed by atoms with Crippen molar-refractivity contribution in [3.63, 3.8) is 0 Å². The predicted octanol–water partition coefficient (Wildman–Crippen LogP) is 0.191. The number of rotatable bonds is 3. The van der Waals surface area contributed by atoms with E-state index in [4.69, 9.17) is 5.11 Å². The molecule has 3 N–H and O–H groups in total. The summed E-state index contributed by atoms with van der Waals surface area (Å²) < 4.78 is 0. The van der Waals surface area contributed by atoms with Crippen LogP contribution in [0.4, 0.5) is 0 Å². The minimum Gasteiger partial charge on any atom is -0.480 e. The zero-order valence-electron chi connectivity index (χ0n) is 8.26. The van der Waals surface area contributed by atoms with Gasteiger partial charge in [0.25, 0.3) is 0 Å². The molecule has 4 heteroatoms. The van der Waals surface area contributed by atoms with Crippen LogP contribution in [-0.4, -0.2) is 35.7 Å². The summed E-state index contributed by atoms with van der Waals surface area (Å²) in [5.74, 6) is -0.720. The SMILES string of the molecule is CC(C)NC1(C(=O)O)CCNCC1. The Bertz CT molecular complexity index is 186. The number of nitrogens with one attached hydrogen (secondary N) is 2. The minimum absolute atomic E-state index is 0.217. The highest BCUT2D eigenvalue weighted by Gasteiger charge is 2.39. The number of aliphatic carboxylic acids is 1. The van der Waals surface area contributed by atoms with E-state index < -0.39 is 11.5 Å². The largest absolute Gasteiger partial charge is 0.480 e. The highest BCUT2D eigenvalue weighted by atomic mass is 16.4. The zero-order valence-corrected chi connectivity index (χ0v) is 8.26. The smallest absolute Gasteiger partial charge is 0.324 e. The summed E-state index contributed by atoms with van der Waals surface area (Å²) in [5, 5.41) is 15.5. The van der Waals surface area contributed by atoms with Crippen LogP contribution in [0.25, 0.3) is 0 Å². The Morgan fingerprint density at radius 3 is 2.38 bits per heavy atom. The van der Waals surface area contributed by atoms with Gasteiger partial charge in [-0.3, -0.25) is 10.1 Å². The molecule has 0 aromatic carbocycles. The summed E-state index contributed by atoms with van der Waals surface area (Å²) in [5.41, 5.74) is -0.695. The summed E-state index contributed by atoms with van der Waals surface area (Å²) in [7, 11) is 0. The van der Waals surface area contributed by atoms with E-state index in [2.05, 4.69) is 10.6 Å². The molecule has 1 aliphatic heterocycles. The molecule has 0 unspecified atom stereocenters. The Morgan fingerprint density at radius 1 is 1.46 bits per heavy atom. The van der Waals surface area contributed by atoms with Crippen molar-refractivity contribution in [1.29, 1.82) is 0 Å². The lowest BCUT2D eigenvalue weighted by molar-refractivity contribution is -0.146. The molecule has 1 heterocycles. The fourth-order valence-electron chi connectivity index (χ4n) is 1.83. The minimum atomic E-state index is -0.720. The number of carboxylic acid groups (broad SMARTS) is 1. The molecule has 0 saturated carbocycles. The van der Waals surface area contributed by atoms with Crippen LogP contribution in [0.5, 0.6) is 0 Å². The highest BCUT2D eigenvalue weighted by molar-refractivity contribution is 5.79. The van der Waals surface area contributed by atoms with Crippen LogP contribution in [0.2, 0.25) is 0 Å². The van der Waals surface area contributed by atoms with Crippen LogP contribution in [0.15, 0.2) is 0 Å². The number of hydrogen-bond donors (Lipinski definition) is 3. The maximum Gasteiger partial charge on any atom is 0.324 e. The molecule has 13 heavy (non-hydrogen) atoms. The second-order valence-electron chi connectivity index (χ2n) is 3.94. The average molecular weight is 186 g/mol. The van der Waals surface area contributed by atoms with E-state index >= 15 is 0 Å². The van der Waals surface area contributed by atoms with E-state index in [1.807, 2.05) is 13.8 Å². The Kier molecular flexibility index (Phi) is 3.27. The molecule has 0 aromatic rings. The highest BCUT2D eigenvalue weighted by Crippen LogP contribution is 2.19. The lowest BCUT2D eigenvalue weighted by atomic mass is 9.88. The van der Waals surface area contributed by atoms with Crippen LogP contribution in [-0.2, 0) is 4.79 Å². The average Bonchev–Trinajstić information content (AvgIpc) is 2.04. The van der Waals surface area contributed by atoms with Gasteiger partial charge in [-0.2, -0.15) is 0 Å². The van der Waals surface area contributed by atoms with Crippen LogP contribution in [0, 0.1) is 0 Å². The summed E-state index contributed by atoms with van der Waals surface area (Å²) >= 11 is 0. The standard InChI is InChI=1S/C9H18N2O2/c1-7(2)11-9(8(12)13)3-5-10-6-4-9/h7,10-11H,3-6H2,1-2H3,(H,12,13). The van der Waals surface area contributed by atoms with Crippen molar-refractivity contribution >= 4 is 5.97 Å². The van der Waals surface area contributed by atoms with Gasteiger partial charge in [0.05, 0.1) is 0 Å². The first-order valence-corrected chi connectivity index (χ1v) is 4.79. The second kappa shape index (κ2) is 4.07. The number of carboxylic acids is 1. The van der Waals surface area contributed by atoms with Gasteiger partial charge in [-0.15, -0.1) is 0 Å². The quantitative estimate of drug-likeness (QED) is 0.589. The normalized spacial score (nSPS) is 21.8. The zero-order chi connectivity index (χ0) is 9.90. The summed E-state index contributed by atoms with van der Waals surface area (Å²) in [6.07, 6.45) is 1.33. The molecule has 76 valence electrons. The molecule has 0 aliphatic carbocycles. The second-order valence-corrected chi connectivity index (χ2v) is 3.94. The van der Waals surface area contributed by atoms with Gasteiger partial charge in [0, 0.05) is 6.04 Å². The molecule has 0 atom stereocenters. The van der Waals surface area contributed by atoms with E-state index in [1.165, 1.54) is 0 Å². The third-order valence-corrected chi connectivity index (χ3v) is 2.43. The van der Waals surface area contributed by atoms with Crippen LogP contribution in [0.3, 0.4) is 0 Å². The Labute approximate surface area is 78.7 Å². The number of hydrogen-bond acceptors (Lipinski definition) is 3. The molecule has 0 aromatic heterocycles. The molecule has 1 fully saturated rings. The molecule has 1 saturated heterocycles. The fourth-order valence-corrected chi connectivity index (χ4v) is 1.83. The third kappa shape index (κ3) is 2.42. The summed E-state index contributed by atoms with van der Waals surface area (Å²) in [6.45, 7) is 5.53. The molecule has 0 amide bonds. The molecule has 0 spiro atoms. The van der Waals surface area contributed by atoms with E-state index in [-0.39, 0.29) is 6.04 Å². The lowest BCUT2D eigenvalue weighted by Gasteiger charge is -2.36. The van der Waals surface area contributed by atoms with Gasteiger partial charge >= 0.3 is 5.97 Å². The van der Waals surface area contributed by atoms with Crippen LogP contribution < -0.4 is 10.6 Å².